The Morgan fingerprint density at radius 3 is 2.61 bits per heavy atom. The summed E-state index contributed by atoms with van der Waals surface area (Å²) in [4.78, 5) is 10.9. The fraction of sp³-hybridized carbons (Fsp3) is 0.714. The molecule has 0 unspecified atom stereocenters. The summed E-state index contributed by atoms with van der Waals surface area (Å²) in [5.74, 6) is 0.581. The first-order valence-corrected chi connectivity index (χ1v) is 8.29. The number of hydrogen-bond acceptors (Lipinski definition) is 4. The van der Waals surface area contributed by atoms with Crippen LogP contribution in [0.15, 0.2) is 11.2 Å². The van der Waals surface area contributed by atoms with E-state index in [0.717, 1.165) is 17.8 Å². The Morgan fingerprint density at radius 1 is 1.35 bits per heavy atom. The minimum Gasteiger partial charge on any atom is -0.356 e. The molecular formula is C14H24F3N5S. The highest BCUT2D eigenvalue weighted by atomic mass is 32.1. The summed E-state index contributed by atoms with van der Waals surface area (Å²) in [7, 11) is 3.08. The number of guanidine groups is 1. The topological polar surface area (TPSA) is 52.6 Å². The molecule has 1 heterocycles. The van der Waals surface area contributed by atoms with Gasteiger partial charge in [-0.15, -0.1) is 11.3 Å². The third-order valence-electron chi connectivity index (χ3n) is 3.04. The Morgan fingerprint density at radius 2 is 2.04 bits per heavy atom. The quantitative estimate of drug-likeness (QED) is 0.555. The normalized spacial score (nSPS) is 12.7. The molecule has 0 bridgehead atoms. The van der Waals surface area contributed by atoms with Crippen LogP contribution in [0.3, 0.4) is 0 Å². The summed E-state index contributed by atoms with van der Waals surface area (Å²) in [6.45, 7) is 2.53. The van der Waals surface area contributed by atoms with Gasteiger partial charge in [-0.1, -0.05) is 6.92 Å². The van der Waals surface area contributed by atoms with E-state index < -0.39 is 12.7 Å². The minimum absolute atomic E-state index is 0.284. The SMILES string of the molecule is CCc1cnc(CCNC(=NC)NCCN(C)CC(F)(F)F)s1. The van der Waals surface area contributed by atoms with Gasteiger partial charge in [0.15, 0.2) is 5.96 Å². The van der Waals surface area contributed by atoms with Gasteiger partial charge in [-0.3, -0.25) is 9.89 Å². The van der Waals surface area contributed by atoms with Crippen LogP contribution >= 0.6 is 11.3 Å². The maximum absolute atomic E-state index is 12.2. The second-order valence-electron chi connectivity index (χ2n) is 5.10. The number of thiazole rings is 1. The van der Waals surface area contributed by atoms with Crippen LogP contribution in [0.4, 0.5) is 13.2 Å². The van der Waals surface area contributed by atoms with Gasteiger partial charge in [-0.2, -0.15) is 13.2 Å². The zero-order chi connectivity index (χ0) is 17.3. The molecule has 132 valence electrons. The smallest absolute Gasteiger partial charge is 0.356 e. The van der Waals surface area contributed by atoms with Gasteiger partial charge in [-0.05, 0) is 13.5 Å². The third kappa shape index (κ3) is 8.75. The molecule has 5 nitrogen and oxygen atoms in total. The van der Waals surface area contributed by atoms with E-state index in [0.29, 0.717) is 19.0 Å². The summed E-state index contributed by atoms with van der Waals surface area (Å²) in [6, 6.07) is 0. The standard InChI is InChI=1S/C14H24F3N5S/c1-4-11-9-21-12(23-11)5-6-19-13(18-2)20-7-8-22(3)10-14(15,16)17/h9H,4-8,10H2,1-3H3,(H2,18,19,20). The van der Waals surface area contributed by atoms with Crippen molar-refractivity contribution in [1.29, 1.82) is 0 Å². The second-order valence-corrected chi connectivity index (χ2v) is 6.30. The van der Waals surface area contributed by atoms with E-state index in [9.17, 15) is 13.2 Å². The number of hydrogen-bond donors (Lipinski definition) is 2. The lowest BCUT2D eigenvalue weighted by Crippen LogP contribution is -2.42. The van der Waals surface area contributed by atoms with Crippen molar-refractivity contribution in [3.8, 4) is 0 Å². The van der Waals surface area contributed by atoms with Crippen LogP contribution in [0.1, 0.15) is 16.8 Å². The first-order valence-electron chi connectivity index (χ1n) is 7.47. The Kier molecular flexibility index (Phi) is 8.32. The van der Waals surface area contributed by atoms with E-state index in [-0.39, 0.29) is 6.54 Å². The molecule has 0 saturated heterocycles. The van der Waals surface area contributed by atoms with Crippen LogP contribution in [0.2, 0.25) is 0 Å². The van der Waals surface area contributed by atoms with E-state index in [2.05, 4.69) is 27.5 Å². The number of aryl methyl sites for hydroxylation is 1. The third-order valence-corrected chi connectivity index (χ3v) is 4.24. The fourth-order valence-corrected chi connectivity index (χ4v) is 2.75. The zero-order valence-electron chi connectivity index (χ0n) is 13.7. The van der Waals surface area contributed by atoms with Crippen LogP contribution in [0, 0.1) is 0 Å². The number of alkyl halides is 3. The molecule has 0 aliphatic carbocycles. The molecule has 2 N–H and O–H groups in total. The summed E-state index contributed by atoms with van der Waals surface area (Å²) < 4.78 is 36.6. The lowest BCUT2D eigenvalue weighted by atomic mass is 10.4. The lowest BCUT2D eigenvalue weighted by molar-refractivity contribution is -0.142. The van der Waals surface area contributed by atoms with Gasteiger partial charge in [0.25, 0.3) is 0 Å². The molecule has 0 aromatic carbocycles. The maximum atomic E-state index is 12.2. The van der Waals surface area contributed by atoms with Crippen LogP contribution in [0.25, 0.3) is 0 Å². The average Bonchev–Trinajstić information content (AvgIpc) is 2.91. The minimum atomic E-state index is -4.17. The lowest BCUT2D eigenvalue weighted by Gasteiger charge is -2.19. The van der Waals surface area contributed by atoms with E-state index in [4.69, 9.17) is 0 Å². The molecule has 0 aliphatic rings. The highest BCUT2D eigenvalue weighted by Crippen LogP contribution is 2.15. The van der Waals surface area contributed by atoms with Crippen molar-refractivity contribution in [3.63, 3.8) is 0 Å². The summed E-state index contributed by atoms with van der Waals surface area (Å²) in [5.41, 5.74) is 0. The number of likely N-dealkylation sites (N-methyl/N-ethyl adjacent to an activating group) is 1. The molecule has 0 saturated carbocycles. The molecular weight excluding hydrogens is 327 g/mol. The van der Waals surface area contributed by atoms with Gasteiger partial charge in [0.1, 0.15) is 0 Å². The van der Waals surface area contributed by atoms with E-state index >= 15 is 0 Å². The van der Waals surface area contributed by atoms with E-state index in [1.165, 1.54) is 16.8 Å². The molecule has 0 radical (unpaired) electrons. The molecule has 0 fully saturated rings. The predicted molar refractivity (Wildman–Crippen MR) is 88.1 cm³/mol. The first kappa shape index (κ1) is 19.7. The van der Waals surface area contributed by atoms with Crippen LogP contribution in [-0.2, 0) is 12.8 Å². The van der Waals surface area contributed by atoms with Crippen LogP contribution in [-0.4, -0.2) is 62.3 Å². The number of halogens is 3. The molecule has 1 aromatic heterocycles. The number of aliphatic imine (C=N–C) groups is 1. The molecule has 0 aliphatic heterocycles. The second kappa shape index (κ2) is 9.71. The van der Waals surface area contributed by atoms with Crippen molar-refractivity contribution in [2.45, 2.75) is 25.9 Å². The van der Waals surface area contributed by atoms with Gasteiger partial charge in [0.05, 0.1) is 11.6 Å². The van der Waals surface area contributed by atoms with Crippen molar-refractivity contribution in [3.05, 3.63) is 16.1 Å². The highest BCUT2D eigenvalue weighted by molar-refractivity contribution is 7.11. The summed E-state index contributed by atoms with van der Waals surface area (Å²) in [6.07, 6.45) is -0.498. The number of aromatic nitrogens is 1. The number of nitrogens with one attached hydrogen (secondary N) is 2. The molecule has 0 amide bonds. The van der Waals surface area contributed by atoms with Gasteiger partial charge in [0, 0.05) is 44.2 Å². The van der Waals surface area contributed by atoms with Crippen LogP contribution < -0.4 is 10.6 Å². The monoisotopic (exact) mass is 351 g/mol. The van der Waals surface area contributed by atoms with Crippen molar-refractivity contribution < 1.29 is 13.2 Å². The fourth-order valence-electron chi connectivity index (χ4n) is 1.89. The predicted octanol–water partition coefficient (Wildman–Crippen LogP) is 1.91. The Hall–Kier alpha value is -1.35. The first-order chi connectivity index (χ1) is 10.8. The maximum Gasteiger partial charge on any atom is 0.401 e. The van der Waals surface area contributed by atoms with Gasteiger partial charge in [-0.25, -0.2) is 4.98 Å². The average molecular weight is 351 g/mol. The summed E-state index contributed by atoms with van der Waals surface area (Å²) >= 11 is 1.69. The van der Waals surface area contributed by atoms with E-state index in [1.807, 2.05) is 6.20 Å². The van der Waals surface area contributed by atoms with Gasteiger partial charge >= 0.3 is 6.18 Å². The van der Waals surface area contributed by atoms with Gasteiger partial charge < -0.3 is 10.6 Å². The molecule has 0 atom stereocenters. The van der Waals surface area contributed by atoms with Crippen molar-refractivity contribution >= 4 is 17.3 Å². The Bertz CT molecular complexity index is 487. The Labute approximate surface area is 139 Å². The largest absolute Gasteiger partial charge is 0.401 e. The number of nitrogens with zero attached hydrogens (tertiary/aromatic N) is 3. The number of rotatable bonds is 8. The summed E-state index contributed by atoms with van der Waals surface area (Å²) in [5, 5.41) is 7.20. The molecule has 23 heavy (non-hydrogen) atoms. The molecule has 9 heteroatoms. The van der Waals surface area contributed by atoms with E-state index in [1.54, 1.807) is 18.4 Å². The zero-order valence-corrected chi connectivity index (χ0v) is 14.5. The van der Waals surface area contributed by atoms with Crippen molar-refractivity contribution in [2.75, 3.05) is 40.3 Å². The molecule has 1 rings (SSSR count). The van der Waals surface area contributed by atoms with Crippen molar-refractivity contribution in [1.82, 2.24) is 20.5 Å². The Balaban J connectivity index is 2.22. The highest BCUT2D eigenvalue weighted by Gasteiger charge is 2.28. The molecule has 1 aromatic rings. The van der Waals surface area contributed by atoms with Crippen molar-refractivity contribution in [2.24, 2.45) is 4.99 Å². The van der Waals surface area contributed by atoms with Crippen LogP contribution in [0.5, 0.6) is 0 Å². The molecule has 0 spiro atoms. The van der Waals surface area contributed by atoms with Gasteiger partial charge in [0.2, 0.25) is 0 Å².